The van der Waals surface area contributed by atoms with Gasteiger partial charge in [-0.05, 0) is 29.2 Å². The number of carbonyl (C=O) groups is 1. The van der Waals surface area contributed by atoms with Gasteiger partial charge in [0, 0.05) is 13.2 Å². The van der Waals surface area contributed by atoms with E-state index in [0.717, 1.165) is 23.8 Å². The minimum atomic E-state index is -0.875. The van der Waals surface area contributed by atoms with Crippen LogP contribution in [0.1, 0.15) is 19.3 Å². The maximum absolute atomic E-state index is 12.1. The number of hydrogen-bond donors (Lipinski definition) is 3. The normalized spacial score (nSPS) is 17.1. The second kappa shape index (κ2) is 8.09. The Morgan fingerprint density at radius 1 is 1.41 bits per heavy atom. The van der Waals surface area contributed by atoms with E-state index < -0.39 is 34.6 Å². The summed E-state index contributed by atoms with van der Waals surface area (Å²) in [6.45, 7) is 0.524. The van der Waals surface area contributed by atoms with Crippen LogP contribution in [0.5, 0.6) is 0 Å². The molecule has 3 N–H and O–H groups in total. The first-order valence-electron chi connectivity index (χ1n) is 8.33. The Kier molecular flexibility index (Phi) is 5.61. The summed E-state index contributed by atoms with van der Waals surface area (Å²) in [4.78, 5) is 53.4. The quantitative estimate of drug-likeness (QED) is 0.310. The van der Waals surface area contributed by atoms with Gasteiger partial charge in [0.1, 0.15) is 0 Å². The van der Waals surface area contributed by atoms with E-state index in [0.29, 0.717) is 6.61 Å². The Morgan fingerprint density at radius 2 is 2.22 bits per heavy atom. The fraction of sp³-hybridized carbons (Fsp3) is 0.571. The van der Waals surface area contributed by atoms with E-state index >= 15 is 0 Å². The van der Waals surface area contributed by atoms with Crippen LogP contribution < -0.4 is 16.6 Å². The summed E-state index contributed by atoms with van der Waals surface area (Å²) in [5, 5.41) is 13.7. The minimum Gasteiger partial charge on any atom is -0.390 e. The van der Waals surface area contributed by atoms with Crippen LogP contribution in [0.25, 0.3) is 11.2 Å². The number of aromatic amines is 2. The van der Waals surface area contributed by atoms with E-state index in [2.05, 4.69) is 15.3 Å². The molecule has 1 fully saturated rings. The van der Waals surface area contributed by atoms with Crippen LogP contribution >= 0.6 is 0 Å². The number of amides is 1. The van der Waals surface area contributed by atoms with Crippen LogP contribution in [0.15, 0.2) is 9.59 Å². The monoisotopic (exact) mass is 382 g/mol. The van der Waals surface area contributed by atoms with Gasteiger partial charge in [-0.2, -0.15) is 0 Å². The molecule has 1 unspecified atom stereocenters. The highest BCUT2D eigenvalue weighted by Gasteiger charge is 2.27. The average molecular weight is 382 g/mol. The van der Waals surface area contributed by atoms with Crippen molar-refractivity contribution in [3.8, 4) is 0 Å². The summed E-state index contributed by atoms with van der Waals surface area (Å²) in [7, 11) is 0. The summed E-state index contributed by atoms with van der Waals surface area (Å²) in [5.41, 5.74) is -2.25. The van der Waals surface area contributed by atoms with Gasteiger partial charge in [0.2, 0.25) is 5.52 Å². The van der Waals surface area contributed by atoms with Gasteiger partial charge in [0.25, 0.3) is 17.1 Å². The molecule has 13 heteroatoms. The lowest BCUT2D eigenvalue weighted by Gasteiger charge is -2.22. The largest absolute Gasteiger partial charge is 0.437 e. The Bertz CT molecular complexity index is 955. The van der Waals surface area contributed by atoms with E-state index in [-0.39, 0.29) is 30.6 Å². The van der Waals surface area contributed by atoms with Crippen LogP contribution in [0.2, 0.25) is 0 Å². The number of H-pyrrole nitrogens is 2. The fourth-order valence-electron chi connectivity index (χ4n) is 2.77. The molecule has 0 saturated carbocycles. The zero-order valence-corrected chi connectivity index (χ0v) is 14.2. The first-order valence-corrected chi connectivity index (χ1v) is 8.33. The molecule has 0 radical (unpaired) electrons. The second-order valence-corrected chi connectivity index (χ2v) is 5.88. The molecule has 146 valence electrons. The molecule has 13 nitrogen and oxygen atoms in total. The molecule has 2 aromatic heterocycles. The number of rotatable bonds is 7. The van der Waals surface area contributed by atoms with Gasteiger partial charge in [-0.25, -0.2) is 9.36 Å². The van der Waals surface area contributed by atoms with Crippen molar-refractivity contribution >= 4 is 23.0 Å². The lowest BCUT2D eigenvalue weighted by Crippen LogP contribution is -2.33. The molecular weight excluding hydrogens is 364 g/mol. The maximum atomic E-state index is 12.1. The number of nitro groups is 1. The number of nitrogens with zero attached hydrogens (tertiary/aromatic N) is 3. The Morgan fingerprint density at radius 3 is 2.93 bits per heavy atom. The predicted molar refractivity (Wildman–Crippen MR) is 90.2 cm³/mol. The topological polar surface area (TPSA) is 174 Å². The zero-order valence-electron chi connectivity index (χ0n) is 14.2. The molecule has 1 aliphatic rings. The maximum Gasteiger partial charge on any atom is 0.437 e. The van der Waals surface area contributed by atoms with Crippen molar-refractivity contribution in [2.75, 3.05) is 19.8 Å². The van der Waals surface area contributed by atoms with Crippen LogP contribution in [0.4, 0.5) is 5.95 Å². The second-order valence-electron chi connectivity index (χ2n) is 5.88. The lowest BCUT2D eigenvalue weighted by atomic mass is 10.2. The molecule has 1 saturated heterocycles. The Hall–Kier alpha value is -3.06. The summed E-state index contributed by atoms with van der Waals surface area (Å²) in [5.74, 6) is -1.30. The third-order valence-electron chi connectivity index (χ3n) is 3.95. The Balaban J connectivity index is 1.65. The van der Waals surface area contributed by atoms with Crippen molar-refractivity contribution in [3.63, 3.8) is 0 Å². The first-order chi connectivity index (χ1) is 13.0. The Labute approximate surface area is 150 Å². The highest BCUT2D eigenvalue weighted by Crippen LogP contribution is 2.16. The third kappa shape index (κ3) is 4.38. The van der Waals surface area contributed by atoms with Crippen LogP contribution in [0, 0.1) is 10.1 Å². The molecule has 1 amide bonds. The number of hydrogen-bond acceptors (Lipinski definition) is 8. The van der Waals surface area contributed by atoms with E-state index in [1.807, 2.05) is 4.98 Å². The molecule has 3 rings (SSSR count). The number of carbonyl (C=O) groups excluding carboxylic acids is 1. The van der Waals surface area contributed by atoms with Crippen molar-refractivity contribution in [3.05, 3.63) is 31.0 Å². The van der Waals surface area contributed by atoms with Gasteiger partial charge in [0.05, 0.1) is 6.61 Å². The first kappa shape index (κ1) is 18.7. The predicted octanol–water partition coefficient (Wildman–Crippen LogP) is -1.02. The average Bonchev–Trinajstić information content (AvgIpc) is 2.98. The van der Waals surface area contributed by atoms with Crippen LogP contribution in [-0.2, 0) is 20.8 Å². The number of fused-ring (bicyclic) bond motifs is 1. The standard InChI is InChI=1S/C14H18N6O7/c21-8(15-4-6-27-9-3-1-2-5-26-9)7-19-10-11(17-14(19)20(24)25)16-13(23)18-12(10)22/h9H,1-7H2,(H,15,21)(H2,16,18,22,23). The number of imidazole rings is 1. The summed E-state index contributed by atoms with van der Waals surface area (Å²) >= 11 is 0. The molecule has 2 aromatic rings. The molecule has 27 heavy (non-hydrogen) atoms. The van der Waals surface area contributed by atoms with Crippen molar-refractivity contribution in [1.29, 1.82) is 0 Å². The summed E-state index contributed by atoms with van der Waals surface area (Å²) in [6, 6.07) is 0. The van der Waals surface area contributed by atoms with Crippen molar-refractivity contribution in [2.24, 2.45) is 0 Å². The van der Waals surface area contributed by atoms with Gasteiger partial charge in [-0.1, -0.05) is 0 Å². The molecule has 0 bridgehead atoms. The van der Waals surface area contributed by atoms with Crippen molar-refractivity contribution in [1.82, 2.24) is 24.8 Å². The van der Waals surface area contributed by atoms with Gasteiger partial charge < -0.3 is 24.9 Å². The molecule has 0 aromatic carbocycles. The van der Waals surface area contributed by atoms with Gasteiger partial charge in [-0.15, -0.1) is 0 Å². The van der Waals surface area contributed by atoms with Crippen LogP contribution in [0.3, 0.4) is 0 Å². The number of ether oxygens (including phenoxy) is 2. The highest BCUT2D eigenvalue weighted by molar-refractivity contribution is 5.80. The van der Waals surface area contributed by atoms with E-state index in [9.17, 15) is 24.5 Å². The molecule has 0 spiro atoms. The van der Waals surface area contributed by atoms with Crippen molar-refractivity contribution < 1.29 is 19.2 Å². The molecule has 1 aliphatic heterocycles. The van der Waals surface area contributed by atoms with Gasteiger partial charge in [-0.3, -0.25) is 19.6 Å². The van der Waals surface area contributed by atoms with E-state index in [1.54, 1.807) is 0 Å². The SMILES string of the molecule is O=C(Cn1c([N+](=O)[O-])nc2[nH]c(=O)[nH]c(=O)c21)NCCOC1CCCCO1. The highest BCUT2D eigenvalue weighted by atomic mass is 16.7. The van der Waals surface area contributed by atoms with E-state index in [1.165, 1.54) is 0 Å². The molecule has 3 heterocycles. The molecule has 0 aliphatic carbocycles. The summed E-state index contributed by atoms with van der Waals surface area (Å²) in [6.07, 6.45) is 2.52. The minimum absolute atomic E-state index is 0.173. The number of nitrogens with one attached hydrogen (secondary N) is 3. The zero-order chi connectivity index (χ0) is 19.4. The van der Waals surface area contributed by atoms with Crippen molar-refractivity contribution in [2.45, 2.75) is 32.1 Å². The fourth-order valence-corrected chi connectivity index (χ4v) is 2.77. The number of aromatic nitrogens is 4. The lowest BCUT2D eigenvalue weighted by molar-refractivity contribution is -0.396. The molecule has 1 atom stereocenters. The third-order valence-corrected chi connectivity index (χ3v) is 3.95. The van der Waals surface area contributed by atoms with Crippen LogP contribution in [-0.4, -0.2) is 56.4 Å². The smallest absolute Gasteiger partial charge is 0.390 e. The summed E-state index contributed by atoms with van der Waals surface area (Å²) < 4.78 is 11.7. The van der Waals surface area contributed by atoms with E-state index in [4.69, 9.17) is 9.47 Å². The van der Waals surface area contributed by atoms with Gasteiger partial charge in [0.15, 0.2) is 12.8 Å². The molecular formula is C14H18N6O7. The van der Waals surface area contributed by atoms with Gasteiger partial charge >= 0.3 is 11.6 Å².